The van der Waals surface area contributed by atoms with Gasteiger partial charge in [0.15, 0.2) is 0 Å². The second-order valence-electron chi connectivity index (χ2n) is 13.8. The highest BCUT2D eigenvalue weighted by atomic mass is 16.5. The molecule has 0 heterocycles. The fourth-order valence-corrected chi connectivity index (χ4v) is 7.28. The zero-order valence-corrected chi connectivity index (χ0v) is 35.0. The minimum absolute atomic E-state index is 0.237. The van der Waals surface area contributed by atoms with E-state index in [1.165, 1.54) is 0 Å². The summed E-state index contributed by atoms with van der Waals surface area (Å²) < 4.78 is 48.9. The Hall–Kier alpha value is -6.12. The molecular weight excluding hydrogens is 761 g/mol. The van der Waals surface area contributed by atoms with Crippen LogP contribution in [0, 0.1) is 45.3 Å². The van der Waals surface area contributed by atoms with Crippen molar-refractivity contribution in [2.24, 2.45) is 0 Å². The van der Waals surface area contributed by atoms with Crippen LogP contribution >= 0.6 is 0 Å². The van der Waals surface area contributed by atoms with E-state index in [2.05, 4.69) is 24.3 Å². The Morgan fingerprint density at radius 1 is 0.333 bits per heavy atom. The summed E-state index contributed by atoms with van der Waals surface area (Å²) in [5, 5.41) is 41.5. The van der Waals surface area contributed by atoms with E-state index in [9.17, 15) is 21.0 Å². The molecular formula is C48H52N4O8. The van der Waals surface area contributed by atoms with Gasteiger partial charge in [0.05, 0.1) is 73.0 Å². The van der Waals surface area contributed by atoms with Crippen LogP contribution in [0.3, 0.4) is 0 Å². The van der Waals surface area contributed by atoms with E-state index in [0.717, 1.165) is 0 Å². The highest BCUT2D eigenvalue weighted by molar-refractivity contribution is 5.61. The van der Waals surface area contributed by atoms with Gasteiger partial charge in [-0.1, -0.05) is 0 Å². The lowest BCUT2D eigenvalue weighted by Gasteiger charge is -2.23. The largest absolute Gasteiger partial charge is 0.491 e. The highest BCUT2D eigenvalue weighted by Crippen LogP contribution is 2.40. The number of nitrogens with zero attached hydrogens (tertiary/aromatic N) is 4. The minimum Gasteiger partial charge on any atom is -0.491 e. The summed E-state index contributed by atoms with van der Waals surface area (Å²) in [6.07, 6.45) is 0.950. The average molecular weight is 813 g/mol. The molecule has 0 saturated carbocycles. The lowest BCUT2D eigenvalue weighted by atomic mass is 9.88. The van der Waals surface area contributed by atoms with Gasteiger partial charge in [0.2, 0.25) is 0 Å². The first-order valence-electron chi connectivity index (χ1n) is 20.5. The first kappa shape index (κ1) is 45.0. The Bertz CT molecular complexity index is 1850. The van der Waals surface area contributed by atoms with E-state index < -0.39 is 0 Å². The molecule has 0 aliphatic heterocycles. The summed E-state index contributed by atoms with van der Waals surface area (Å²) in [5.41, 5.74) is 7.27. The van der Waals surface area contributed by atoms with Crippen molar-refractivity contribution in [3.05, 3.63) is 115 Å². The fraction of sp³-hybridized carbons (Fsp3) is 0.417. The first-order chi connectivity index (χ1) is 29.4. The molecule has 0 radical (unpaired) electrons. The van der Waals surface area contributed by atoms with Gasteiger partial charge in [-0.3, -0.25) is 0 Å². The Kier molecular flexibility index (Phi) is 17.6. The Morgan fingerprint density at radius 2 is 0.517 bits per heavy atom. The number of hydrogen-bond acceptors (Lipinski definition) is 12. The number of nitriles is 4. The smallest absolute Gasteiger partial charge is 0.126 e. The third-order valence-electron chi connectivity index (χ3n) is 9.72. The summed E-state index contributed by atoms with van der Waals surface area (Å²) in [5.74, 6) is 2.23. The second kappa shape index (κ2) is 23.5. The predicted molar refractivity (Wildman–Crippen MR) is 224 cm³/mol. The van der Waals surface area contributed by atoms with Crippen LogP contribution in [0.15, 0.2) is 48.5 Å². The molecule has 0 N–H and O–H groups in total. The van der Waals surface area contributed by atoms with Crippen molar-refractivity contribution in [2.75, 3.05) is 79.3 Å². The van der Waals surface area contributed by atoms with Crippen LogP contribution in [0.4, 0.5) is 0 Å². The molecule has 0 amide bonds. The number of benzene rings is 4. The van der Waals surface area contributed by atoms with Crippen LogP contribution in [0.2, 0.25) is 0 Å². The summed E-state index contributed by atoms with van der Waals surface area (Å²) in [7, 11) is 0. The zero-order valence-electron chi connectivity index (χ0n) is 35.0. The number of hydrogen-bond donors (Lipinski definition) is 0. The Balaban J connectivity index is 1.86. The van der Waals surface area contributed by atoms with E-state index >= 15 is 0 Å². The molecule has 8 bridgehead atoms. The SMILES string of the molecule is CCOCCOc1c2cc(C#N)cc1Cc1cc(C#N)cc(c1OCCOCC)Cc1cc(C#N)cc(c1OCCOCC)Cc1cc(C#N)cc(c1OCCOCC)C2. The zero-order chi connectivity index (χ0) is 42.7. The first-order valence-corrected chi connectivity index (χ1v) is 20.5. The maximum atomic E-state index is 10.4. The van der Waals surface area contributed by atoms with Gasteiger partial charge in [-0.2, -0.15) is 21.0 Å². The summed E-state index contributed by atoms with van der Waals surface area (Å²) in [6, 6.07) is 23.7. The molecule has 0 fully saturated rings. The van der Waals surface area contributed by atoms with E-state index in [4.69, 9.17) is 37.9 Å². The van der Waals surface area contributed by atoms with Gasteiger partial charge in [0.1, 0.15) is 49.4 Å². The standard InChI is InChI=1S/C48H52N4O8/c1-5-53-9-13-57-45-37-17-33(29-49)18-38(45)26-40-20-35(31-51)22-42(47(40)59-15-11-55-7-3)28-44-24-36(32-52)23-43(48(44)60-16-12-56-8-4)27-41-21-34(30-50)19-39(25-37)46(41)58-14-10-54-6-2/h17-24H,5-16,25-28H2,1-4H3. The van der Waals surface area contributed by atoms with Crippen molar-refractivity contribution < 1.29 is 37.9 Å². The van der Waals surface area contributed by atoms with Crippen molar-refractivity contribution in [1.82, 2.24) is 0 Å². The molecule has 0 atom stereocenters. The van der Waals surface area contributed by atoms with Crippen molar-refractivity contribution in [3.8, 4) is 47.3 Å². The maximum Gasteiger partial charge on any atom is 0.126 e. The van der Waals surface area contributed by atoms with Crippen molar-refractivity contribution in [3.63, 3.8) is 0 Å². The average Bonchev–Trinajstić information content (AvgIpc) is 3.25. The lowest BCUT2D eigenvalue weighted by Crippen LogP contribution is -2.14. The summed E-state index contributed by atoms with van der Waals surface area (Å²) >= 11 is 0. The molecule has 12 nitrogen and oxygen atoms in total. The van der Waals surface area contributed by atoms with Gasteiger partial charge < -0.3 is 37.9 Å². The normalized spacial score (nSPS) is 11.7. The molecule has 0 aromatic heterocycles. The molecule has 0 spiro atoms. The van der Waals surface area contributed by atoms with Crippen LogP contribution in [0.1, 0.15) is 94.5 Å². The third-order valence-corrected chi connectivity index (χ3v) is 9.72. The van der Waals surface area contributed by atoms with Gasteiger partial charge in [-0.25, -0.2) is 0 Å². The lowest BCUT2D eigenvalue weighted by molar-refractivity contribution is 0.108. The Labute approximate surface area is 353 Å². The van der Waals surface area contributed by atoms with Crippen molar-refractivity contribution in [2.45, 2.75) is 53.4 Å². The maximum absolute atomic E-state index is 10.4. The highest BCUT2D eigenvalue weighted by Gasteiger charge is 2.25. The molecule has 0 unspecified atom stereocenters. The number of fused-ring (bicyclic) bond motifs is 8. The molecule has 0 saturated heterocycles. The molecule has 4 aromatic carbocycles. The van der Waals surface area contributed by atoms with Gasteiger partial charge in [0, 0.05) is 96.6 Å². The monoisotopic (exact) mass is 812 g/mol. The van der Waals surface area contributed by atoms with Gasteiger partial charge >= 0.3 is 0 Å². The number of ether oxygens (including phenoxy) is 8. The number of rotatable bonds is 20. The molecule has 1 aliphatic rings. The van der Waals surface area contributed by atoms with Gasteiger partial charge in [-0.15, -0.1) is 0 Å². The van der Waals surface area contributed by atoms with Gasteiger partial charge in [0.25, 0.3) is 0 Å². The van der Waals surface area contributed by atoms with E-state index in [1.54, 1.807) is 48.5 Å². The third kappa shape index (κ3) is 12.0. The summed E-state index contributed by atoms with van der Waals surface area (Å²) in [6.45, 7) is 12.1. The predicted octanol–water partition coefficient (Wildman–Crippen LogP) is 7.51. The van der Waals surface area contributed by atoms with Crippen LogP contribution in [-0.4, -0.2) is 79.3 Å². The van der Waals surface area contributed by atoms with Crippen molar-refractivity contribution in [1.29, 1.82) is 21.0 Å². The second-order valence-corrected chi connectivity index (χ2v) is 13.8. The van der Waals surface area contributed by atoms with Crippen LogP contribution in [-0.2, 0) is 44.6 Å². The molecule has 5 rings (SSSR count). The quantitative estimate of drug-likeness (QED) is 0.0710. The minimum atomic E-state index is 0.237. The summed E-state index contributed by atoms with van der Waals surface area (Å²) in [4.78, 5) is 0. The van der Waals surface area contributed by atoms with Crippen LogP contribution in [0.25, 0.3) is 0 Å². The van der Waals surface area contributed by atoms with Crippen LogP contribution < -0.4 is 18.9 Å². The van der Waals surface area contributed by atoms with Crippen molar-refractivity contribution >= 4 is 0 Å². The molecule has 4 aromatic rings. The van der Waals surface area contributed by atoms with E-state index in [0.29, 0.717) is 143 Å². The van der Waals surface area contributed by atoms with Gasteiger partial charge in [-0.05, 0) is 76.2 Å². The molecule has 1 aliphatic carbocycles. The van der Waals surface area contributed by atoms with E-state index in [-0.39, 0.29) is 52.1 Å². The Morgan fingerprint density at radius 3 is 0.667 bits per heavy atom. The molecule has 312 valence electrons. The van der Waals surface area contributed by atoms with Crippen LogP contribution in [0.5, 0.6) is 23.0 Å². The fourth-order valence-electron chi connectivity index (χ4n) is 7.28. The molecule has 60 heavy (non-hydrogen) atoms. The molecule has 12 heteroatoms. The van der Waals surface area contributed by atoms with E-state index in [1.807, 2.05) is 27.7 Å². The topological polar surface area (TPSA) is 169 Å².